The Balaban J connectivity index is 0.00000235. The summed E-state index contributed by atoms with van der Waals surface area (Å²) in [5.74, 6) is 2.43. The van der Waals surface area contributed by atoms with Crippen molar-refractivity contribution in [2.75, 3.05) is 33.4 Å². The van der Waals surface area contributed by atoms with Gasteiger partial charge in [-0.25, -0.2) is 0 Å². The Bertz CT molecular complexity index is 1560. The predicted molar refractivity (Wildman–Crippen MR) is 186 cm³/mol. The van der Waals surface area contributed by atoms with Gasteiger partial charge in [0.2, 0.25) is 0 Å². The van der Waals surface area contributed by atoms with Gasteiger partial charge in [-0.3, -0.25) is 4.90 Å². The van der Waals surface area contributed by atoms with Crippen molar-refractivity contribution in [2.45, 2.75) is 67.0 Å². The predicted octanol–water partition coefficient (Wildman–Crippen LogP) is 6.73. The lowest BCUT2D eigenvalue weighted by Crippen LogP contribution is -2.49. The highest BCUT2D eigenvalue weighted by Gasteiger charge is 2.25. The van der Waals surface area contributed by atoms with Gasteiger partial charge in [-0.15, -0.1) is 0 Å². The number of hydrogen-bond acceptors (Lipinski definition) is 7. The smallest absolute Gasteiger partial charge is 0.127 e. The zero-order chi connectivity index (χ0) is 33.1. The number of aliphatic hydroxyl groups excluding tert-OH is 2. The van der Waals surface area contributed by atoms with E-state index in [0.29, 0.717) is 32.8 Å². The third-order valence-corrected chi connectivity index (χ3v) is 8.41. The van der Waals surface area contributed by atoms with Crippen molar-refractivity contribution in [1.29, 1.82) is 0 Å². The highest BCUT2D eigenvalue weighted by Crippen LogP contribution is 2.32. The molecule has 0 radical (unpaired) electrons. The summed E-state index contributed by atoms with van der Waals surface area (Å²) in [6, 6.07) is 25.0. The number of β-amino-alcohol motifs (C(OH)–C–C–N with tert-alkyl or cyclic N) is 1. The quantitative estimate of drug-likeness (QED) is 0.134. The maximum absolute atomic E-state index is 9.59. The van der Waals surface area contributed by atoms with Gasteiger partial charge < -0.3 is 29.7 Å². The highest BCUT2D eigenvalue weighted by molar-refractivity contribution is 5.72. The molecule has 4 aromatic rings. The summed E-state index contributed by atoms with van der Waals surface area (Å²) in [4.78, 5) is 2.19. The number of nitrogens with zero attached hydrogens (tertiary/aromatic N) is 1. The van der Waals surface area contributed by atoms with Crippen molar-refractivity contribution >= 4 is 0 Å². The first-order chi connectivity index (χ1) is 22.4. The molecule has 5 rings (SSSR count). The fraction of sp³-hybridized carbons (Fsp3) is 0.385. The molecule has 1 saturated heterocycles. The van der Waals surface area contributed by atoms with Crippen molar-refractivity contribution in [1.82, 2.24) is 10.2 Å². The molecule has 0 unspecified atom stereocenters. The molecule has 1 aliphatic rings. The van der Waals surface area contributed by atoms with Gasteiger partial charge in [0, 0.05) is 44.4 Å². The number of methoxy groups -OCH3 is 1. The zero-order valence-corrected chi connectivity index (χ0v) is 28.2. The summed E-state index contributed by atoms with van der Waals surface area (Å²) >= 11 is 0. The van der Waals surface area contributed by atoms with E-state index >= 15 is 0 Å². The zero-order valence-electron chi connectivity index (χ0n) is 28.2. The van der Waals surface area contributed by atoms with Crippen LogP contribution < -0.4 is 19.5 Å². The van der Waals surface area contributed by atoms with Crippen LogP contribution in [0, 0.1) is 20.8 Å². The lowest BCUT2D eigenvalue weighted by molar-refractivity contribution is -0.00323. The van der Waals surface area contributed by atoms with Crippen LogP contribution in [0.5, 0.6) is 17.2 Å². The Kier molecular flexibility index (Phi) is 13.0. The minimum Gasteiger partial charge on any atom is -0.496 e. The van der Waals surface area contributed by atoms with Crippen LogP contribution in [0.1, 0.15) is 52.8 Å². The van der Waals surface area contributed by atoms with Crippen molar-refractivity contribution < 1.29 is 24.4 Å². The second kappa shape index (κ2) is 17.2. The van der Waals surface area contributed by atoms with E-state index in [-0.39, 0.29) is 12.7 Å². The molecule has 46 heavy (non-hydrogen) atoms. The Morgan fingerprint density at radius 1 is 0.783 bits per heavy atom. The molecule has 1 aliphatic heterocycles. The van der Waals surface area contributed by atoms with E-state index in [9.17, 15) is 5.11 Å². The van der Waals surface area contributed by atoms with Crippen molar-refractivity contribution in [3.05, 3.63) is 112 Å². The van der Waals surface area contributed by atoms with E-state index < -0.39 is 0 Å². The van der Waals surface area contributed by atoms with Crippen molar-refractivity contribution in [2.24, 2.45) is 0 Å². The maximum atomic E-state index is 9.59. The molecule has 246 valence electrons. The van der Waals surface area contributed by atoms with E-state index in [4.69, 9.17) is 19.3 Å². The minimum absolute atomic E-state index is 0.132. The van der Waals surface area contributed by atoms with Crippen LogP contribution in [0.15, 0.2) is 72.8 Å². The number of likely N-dealkylation sites (tertiary alicyclic amines) is 1. The fourth-order valence-electron chi connectivity index (χ4n) is 5.73. The topological polar surface area (TPSA) is 83.4 Å². The molecular formula is C39H50N2O5. The molecule has 0 bridgehead atoms. The largest absolute Gasteiger partial charge is 0.496 e. The van der Waals surface area contributed by atoms with Crippen LogP contribution in [-0.2, 0) is 26.3 Å². The summed E-state index contributed by atoms with van der Waals surface area (Å²) in [7, 11) is 1.68. The number of aryl methyl sites for hydroxylation is 1. The monoisotopic (exact) mass is 626 g/mol. The number of ether oxygens (including phenoxy) is 3. The van der Waals surface area contributed by atoms with Gasteiger partial charge >= 0.3 is 0 Å². The first-order valence-corrected chi connectivity index (χ1v) is 16.3. The van der Waals surface area contributed by atoms with Gasteiger partial charge in [-0.1, -0.05) is 68.4 Å². The summed E-state index contributed by atoms with van der Waals surface area (Å²) in [5.41, 5.74) is 10.4. The molecular weight excluding hydrogens is 576 g/mol. The molecule has 0 aliphatic carbocycles. The molecule has 3 N–H and O–H groups in total. The van der Waals surface area contributed by atoms with E-state index in [0.717, 1.165) is 52.6 Å². The Hall–Kier alpha value is -3.88. The van der Waals surface area contributed by atoms with E-state index in [1.807, 2.05) is 38.1 Å². The summed E-state index contributed by atoms with van der Waals surface area (Å²) in [6.07, 6.45) is -0.221. The molecule has 0 atom stereocenters. The third-order valence-electron chi connectivity index (χ3n) is 8.41. The first kappa shape index (κ1) is 35.0. The summed E-state index contributed by atoms with van der Waals surface area (Å²) in [5, 5.41) is 21.8. The molecule has 0 saturated carbocycles. The average Bonchev–Trinajstić information content (AvgIpc) is 3.05. The highest BCUT2D eigenvalue weighted by atomic mass is 16.5. The molecule has 0 aromatic heterocycles. The molecule has 0 amide bonds. The SMILES string of the molecule is CC.COc1cc(OCc2cccc(-c3cccc(COc4ccc(CNCCO)cc4C)c3C)c2C)ccc1CN1CC(O)C1. The number of benzene rings is 4. The average molecular weight is 627 g/mol. The second-order valence-corrected chi connectivity index (χ2v) is 11.6. The molecule has 7 nitrogen and oxygen atoms in total. The summed E-state index contributed by atoms with van der Waals surface area (Å²) in [6.45, 7) is 14.9. The molecule has 1 fully saturated rings. The molecule has 0 spiro atoms. The van der Waals surface area contributed by atoms with Crippen molar-refractivity contribution in [3.63, 3.8) is 0 Å². The third kappa shape index (κ3) is 8.89. The maximum Gasteiger partial charge on any atom is 0.127 e. The first-order valence-electron chi connectivity index (χ1n) is 16.3. The van der Waals surface area contributed by atoms with Crippen LogP contribution in [0.2, 0.25) is 0 Å². The minimum atomic E-state index is -0.221. The standard InChI is InChI=1S/C37H44N2O5.C2H6/c1-25-17-28(19-38-15-16-40)11-14-36(25)44-24-31-8-6-10-35(27(31)3)34-9-5-7-30(26(34)2)23-43-33-13-12-29(37(18-33)42-4)20-39-21-32(41)22-39;1-2/h5-14,17-18,32,38,40-41H,15-16,19-24H2,1-4H3;1-2H3. The fourth-order valence-corrected chi connectivity index (χ4v) is 5.73. The van der Waals surface area contributed by atoms with Crippen LogP contribution in [-0.4, -0.2) is 54.6 Å². The van der Waals surface area contributed by atoms with Crippen LogP contribution >= 0.6 is 0 Å². The van der Waals surface area contributed by atoms with Crippen LogP contribution in [0.3, 0.4) is 0 Å². The molecule has 4 aromatic carbocycles. The van der Waals surface area contributed by atoms with Gasteiger partial charge in [0.05, 0.1) is 19.8 Å². The van der Waals surface area contributed by atoms with E-state index in [1.165, 1.54) is 27.8 Å². The number of aliphatic hydroxyl groups is 2. The Labute approximate surface area is 274 Å². The van der Waals surface area contributed by atoms with Crippen molar-refractivity contribution in [3.8, 4) is 28.4 Å². The molecule has 1 heterocycles. The Morgan fingerprint density at radius 2 is 1.43 bits per heavy atom. The van der Waals surface area contributed by atoms with Crippen LogP contribution in [0.4, 0.5) is 0 Å². The lowest BCUT2D eigenvalue weighted by atomic mass is 9.92. The number of hydrogen-bond donors (Lipinski definition) is 3. The van der Waals surface area contributed by atoms with Gasteiger partial charge in [-0.05, 0) is 77.4 Å². The normalized spacial score (nSPS) is 13.0. The number of rotatable bonds is 14. The van der Waals surface area contributed by atoms with Gasteiger partial charge in [-0.2, -0.15) is 0 Å². The Morgan fingerprint density at radius 3 is 2.02 bits per heavy atom. The van der Waals surface area contributed by atoms with Crippen LogP contribution in [0.25, 0.3) is 11.1 Å². The van der Waals surface area contributed by atoms with E-state index in [1.54, 1.807) is 7.11 Å². The lowest BCUT2D eigenvalue weighted by Gasteiger charge is -2.36. The van der Waals surface area contributed by atoms with Gasteiger partial charge in [0.15, 0.2) is 0 Å². The summed E-state index contributed by atoms with van der Waals surface area (Å²) < 4.78 is 18.2. The second-order valence-electron chi connectivity index (χ2n) is 11.6. The number of nitrogens with one attached hydrogen (secondary N) is 1. The van der Waals surface area contributed by atoms with Gasteiger partial charge in [0.1, 0.15) is 30.5 Å². The van der Waals surface area contributed by atoms with E-state index in [2.05, 4.69) is 79.5 Å². The molecule has 7 heteroatoms. The van der Waals surface area contributed by atoms with Gasteiger partial charge in [0.25, 0.3) is 0 Å².